The highest BCUT2D eigenvalue weighted by atomic mass is 16.5. The average Bonchev–Trinajstić information content (AvgIpc) is 2.99. The lowest BCUT2D eigenvalue weighted by Gasteiger charge is -2.36. The van der Waals surface area contributed by atoms with Crippen molar-refractivity contribution in [3.05, 3.63) is 53.9 Å². The zero-order chi connectivity index (χ0) is 17.2. The minimum Gasteiger partial charge on any atom is -0.455 e. The van der Waals surface area contributed by atoms with E-state index in [2.05, 4.69) is 34.3 Å². The van der Waals surface area contributed by atoms with Crippen LogP contribution >= 0.6 is 0 Å². The Hall–Kier alpha value is -2.60. The highest BCUT2D eigenvalue weighted by molar-refractivity contribution is 5.77. The van der Waals surface area contributed by atoms with Crippen LogP contribution in [-0.2, 0) is 6.54 Å². The highest BCUT2D eigenvalue weighted by Gasteiger charge is 2.35. The number of aryl methyl sites for hydroxylation is 1. The van der Waals surface area contributed by atoms with Crippen LogP contribution < -0.4 is 10.1 Å². The largest absolute Gasteiger partial charge is 0.455 e. The number of hydrogen-bond acceptors (Lipinski definition) is 4. The van der Waals surface area contributed by atoms with Gasteiger partial charge in [-0.2, -0.15) is 0 Å². The van der Waals surface area contributed by atoms with Gasteiger partial charge >= 0.3 is 6.03 Å². The van der Waals surface area contributed by atoms with E-state index in [-0.39, 0.29) is 6.03 Å². The van der Waals surface area contributed by atoms with Crippen LogP contribution in [0.25, 0.3) is 0 Å². The number of urea groups is 1. The molecule has 6 nitrogen and oxygen atoms in total. The maximum absolute atomic E-state index is 11.7. The van der Waals surface area contributed by atoms with Crippen molar-refractivity contribution in [3.8, 4) is 11.5 Å². The van der Waals surface area contributed by atoms with Crippen LogP contribution in [0.4, 0.5) is 4.79 Å². The summed E-state index contributed by atoms with van der Waals surface area (Å²) in [4.78, 5) is 20.1. The van der Waals surface area contributed by atoms with Crippen molar-refractivity contribution in [2.24, 2.45) is 0 Å². The molecule has 3 heterocycles. The molecule has 1 N–H and O–H groups in total. The molecule has 2 amide bonds. The molecule has 1 unspecified atom stereocenters. The summed E-state index contributed by atoms with van der Waals surface area (Å²) in [6.45, 7) is 6.35. The van der Waals surface area contributed by atoms with Gasteiger partial charge in [-0.25, -0.2) is 4.79 Å². The highest BCUT2D eigenvalue weighted by Crippen LogP contribution is 2.26. The summed E-state index contributed by atoms with van der Waals surface area (Å²) in [7, 11) is 0. The van der Waals surface area contributed by atoms with E-state index < -0.39 is 0 Å². The first kappa shape index (κ1) is 15.9. The first-order chi connectivity index (χ1) is 12.2. The molecule has 2 saturated heterocycles. The summed E-state index contributed by atoms with van der Waals surface area (Å²) in [5, 5.41) is 2.92. The molecule has 0 aliphatic carbocycles. The number of hydrogen-bond donors (Lipinski definition) is 1. The number of fused-ring (bicyclic) bond motifs is 1. The fourth-order valence-corrected chi connectivity index (χ4v) is 3.53. The standard InChI is InChI=1S/C19H22N4O2/c1-14-9-15(4-5-18(14)25-17-3-2-6-20-11-17)12-22-7-8-23-16(13-22)10-21-19(23)24/h2-6,9,11,16H,7-8,10,12-13H2,1H3,(H,21,24). The topological polar surface area (TPSA) is 57.7 Å². The van der Waals surface area contributed by atoms with Gasteiger partial charge in [0.05, 0.1) is 12.2 Å². The van der Waals surface area contributed by atoms with Gasteiger partial charge in [-0.3, -0.25) is 9.88 Å². The Morgan fingerprint density at radius 1 is 1.32 bits per heavy atom. The summed E-state index contributed by atoms with van der Waals surface area (Å²) in [6.07, 6.45) is 3.44. The van der Waals surface area contributed by atoms with Gasteiger partial charge in [-0.05, 0) is 36.2 Å². The number of carbonyl (C=O) groups is 1. The summed E-state index contributed by atoms with van der Waals surface area (Å²) in [5.74, 6) is 1.60. The van der Waals surface area contributed by atoms with E-state index in [0.29, 0.717) is 6.04 Å². The summed E-state index contributed by atoms with van der Waals surface area (Å²) < 4.78 is 5.89. The van der Waals surface area contributed by atoms with Crippen molar-refractivity contribution in [2.75, 3.05) is 26.2 Å². The minimum atomic E-state index is 0.0809. The Labute approximate surface area is 147 Å². The van der Waals surface area contributed by atoms with E-state index in [1.54, 1.807) is 12.4 Å². The molecule has 2 aliphatic heterocycles. The van der Waals surface area contributed by atoms with Gasteiger partial charge < -0.3 is 15.0 Å². The lowest BCUT2D eigenvalue weighted by Crippen LogP contribution is -2.51. The number of carbonyl (C=O) groups excluding carboxylic acids is 1. The van der Waals surface area contributed by atoms with Gasteiger partial charge in [0, 0.05) is 38.9 Å². The van der Waals surface area contributed by atoms with Crippen molar-refractivity contribution in [1.82, 2.24) is 20.1 Å². The SMILES string of the molecule is Cc1cc(CN2CCN3C(=O)NCC3C2)ccc1Oc1cccnc1. The Balaban J connectivity index is 1.40. The summed E-state index contributed by atoms with van der Waals surface area (Å²) >= 11 is 0. The van der Waals surface area contributed by atoms with Crippen LogP contribution in [0.1, 0.15) is 11.1 Å². The van der Waals surface area contributed by atoms with Crippen molar-refractivity contribution in [1.29, 1.82) is 0 Å². The third-order valence-corrected chi connectivity index (χ3v) is 4.82. The lowest BCUT2D eigenvalue weighted by molar-refractivity contribution is 0.116. The Bertz CT molecular complexity index is 765. The maximum atomic E-state index is 11.7. The van der Waals surface area contributed by atoms with Crippen molar-refractivity contribution >= 4 is 6.03 Å². The molecule has 25 heavy (non-hydrogen) atoms. The Kier molecular flexibility index (Phi) is 4.28. The molecule has 2 aromatic rings. The number of piperazine rings is 1. The molecule has 1 aromatic carbocycles. The molecule has 0 spiro atoms. The van der Waals surface area contributed by atoms with Crippen LogP contribution in [-0.4, -0.2) is 53.0 Å². The predicted octanol–water partition coefficient (Wildman–Crippen LogP) is 2.39. The molecule has 0 radical (unpaired) electrons. The first-order valence-electron chi connectivity index (χ1n) is 8.63. The normalized spacial score (nSPS) is 20.3. The Morgan fingerprint density at radius 3 is 3.04 bits per heavy atom. The number of ether oxygens (including phenoxy) is 1. The van der Waals surface area contributed by atoms with E-state index in [4.69, 9.17) is 4.74 Å². The van der Waals surface area contributed by atoms with Crippen molar-refractivity contribution in [3.63, 3.8) is 0 Å². The molecule has 130 valence electrons. The fourth-order valence-electron chi connectivity index (χ4n) is 3.53. The van der Waals surface area contributed by atoms with E-state index in [0.717, 1.165) is 49.8 Å². The third kappa shape index (κ3) is 3.44. The zero-order valence-corrected chi connectivity index (χ0v) is 14.3. The van der Waals surface area contributed by atoms with E-state index in [9.17, 15) is 4.79 Å². The quantitative estimate of drug-likeness (QED) is 0.930. The van der Waals surface area contributed by atoms with E-state index >= 15 is 0 Å². The van der Waals surface area contributed by atoms with E-state index in [1.165, 1.54) is 5.56 Å². The predicted molar refractivity (Wildman–Crippen MR) is 94.7 cm³/mol. The van der Waals surface area contributed by atoms with Crippen LogP contribution in [0.15, 0.2) is 42.7 Å². The monoisotopic (exact) mass is 338 g/mol. The molecule has 4 rings (SSSR count). The fraction of sp³-hybridized carbons (Fsp3) is 0.368. The number of nitrogens with zero attached hydrogens (tertiary/aromatic N) is 3. The third-order valence-electron chi connectivity index (χ3n) is 4.82. The van der Waals surface area contributed by atoms with Gasteiger partial charge in [0.1, 0.15) is 11.5 Å². The molecule has 2 aliphatic rings. The molecular weight excluding hydrogens is 316 g/mol. The summed E-state index contributed by atoms with van der Waals surface area (Å²) in [6, 6.07) is 10.5. The van der Waals surface area contributed by atoms with Crippen molar-refractivity contribution < 1.29 is 9.53 Å². The van der Waals surface area contributed by atoms with Crippen LogP contribution in [0.2, 0.25) is 0 Å². The molecule has 0 bridgehead atoms. The van der Waals surface area contributed by atoms with Crippen molar-refractivity contribution in [2.45, 2.75) is 19.5 Å². The van der Waals surface area contributed by atoms with Gasteiger partial charge in [0.2, 0.25) is 0 Å². The van der Waals surface area contributed by atoms with Gasteiger partial charge in [-0.15, -0.1) is 0 Å². The van der Waals surface area contributed by atoms with Crippen LogP contribution in [0.5, 0.6) is 11.5 Å². The maximum Gasteiger partial charge on any atom is 0.317 e. The zero-order valence-electron chi connectivity index (χ0n) is 14.3. The molecule has 0 saturated carbocycles. The number of pyridine rings is 1. The Morgan fingerprint density at radius 2 is 2.24 bits per heavy atom. The second-order valence-corrected chi connectivity index (χ2v) is 6.66. The van der Waals surface area contributed by atoms with E-state index in [1.807, 2.05) is 23.1 Å². The number of nitrogens with one attached hydrogen (secondary N) is 1. The van der Waals surface area contributed by atoms with Gasteiger partial charge in [0.15, 0.2) is 0 Å². The number of benzene rings is 1. The van der Waals surface area contributed by atoms with Crippen LogP contribution in [0.3, 0.4) is 0 Å². The number of aromatic nitrogens is 1. The molecular formula is C19H22N4O2. The molecule has 6 heteroatoms. The molecule has 1 atom stereocenters. The lowest BCUT2D eigenvalue weighted by atomic mass is 10.1. The average molecular weight is 338 g/mol. The van der Waals surface area contributed by atoms with Crippen LogP contribution in [0, 0.1) is 6.92 Å². The second-order valence-electron chi connectivity index (χ2n) is 6.66. The number of amides is 2. The minimum absolute atomic E-state index is 0.0809. The second kappa shape index (κ2) is 6.72. The molecule has 2 fully saturated rings. The van der Waals surface area contributed by atoms with Gasteiger partial charge in [0.25, 0.3) is 0 Å². The smallest absolute Gasteiger partial charge is 0.317 e. The summed E-state index contributed by atoms with van der Waals surface area (Å²) in [5.41, 5.74) is 2.37. The molecule has 1 aromatic heterocycles. The van der Waals surface area contributed by atoms with Gasteiger partial charge in [-0.1, -0.05) is 12.1 Å². The number of rotatable bonds is 4. The first-order valence-corrected chi connectivity index (χ1v) is 8.63.